The second kappa shape index (κ2) is 6.35. The summed E-state index contributed by atoms with van der Waals surface area (Å²) in [6, 6.07) is 2.24. The Morgan fingerprint density at radius 1 is 1.15 bits per heavy atom. The SMILES string of the molecule is O=S(=O)(C1CC1)N1CCC(Nc2c(-c3cn[nH]c3)cnc3[nH]ccc23)CC1. The van der Waals surface area contributed by atoms with Crippen LogP contribution in [-0.4, -0.2) is 57.3 Å². The number of nitrogens with one attached hydrogen (secondary N) is 3. The number of hydrogen-bond acceptors (Lipinski definition) is 5. The fourth-order valence-electron chi connectivity index (χ4n) is 3.82. The van der Waals surface area contributed by atoms with Crippen LogP contribution in [0.4, 0.5) is 5.69 Å². The van der Waals surface area contributed by atoms with Crippen LogP contribution in [0.3, 0.4) is 0 Å². The van der Waals surface area contributed by atoms with Crippen LogP contribution in [0.15, 0.2) is 30.9 Å². The quantitative estimate of drug-likeness (QED) is 0.624. The van der Waals surface area contributed by atoms with Crippen LogP contribution in [0, 0.1) is 0 Å². The zero-order valence-corrected chi connectivity index (χ0v) is 15.7. The van der Waals surface area contributed by atoms with Gasteiger partial charge in [-0.1, -0.05) is 0 Å². The Kier molecular flexibility index (Phi) is 3.94. The first-order chi connectivity index (χ1) is 13.1. The third kappa shape index (κ3) is 3.00. The Labute approximate surface area is 157 Å². The van der Waals surface area contributed by atoms with Crippen LogP contribution < -0.4 is 5.32 Å². The number of hydrogen-bond donors (Lipinski definition) is 3. The van der Waals surface area contributed by atoms with E-state index in [1.165, 1.54) is 0 Å². The van der Waals surface area contributed by atoms with Crippen LogP contribution in [0.1, 0.15) is 25.7 Å². The molecule has 1 aliphatic heterocycles. The van der Waals surface area contributed by atoms with E-state index < -0.39 is 10.0 Å². The van der Waals surface area contributed by atoms with E-state index >= 15 is 0 Å². The second-order valence-corrected chi connectivity index (χ2v) is 9.55. The molecule has 0 unspecified atom stereocenters. The molecular formula is C18H22N6O2S. The van der Waals surface area contributed by atoms with Crippen LogP contribution in [-0.2, 0) is 10.0 Å². The molecule has 1 saturated heterocycles. The molecule has 2 fully saturated rings. The van der Waals surface area contributed by atoms with Gasteiger partial charge in [0.1, 0.15) is 5.65 Å². The highest BCUT2D eigenvalue weighted by atomic mass is 32.2. The van der Waals surface area contributed by atoms with E-state index in [2.05, 4.69) is 25.5 Å². The lowest BCUT2D eigenvalue weighted by molar-refractivity contribution is 0.329. The summed E-state index contributed by atoms with van der Waals surface area (Å²) < 4.78 is 26.6. The number of aromatic nitrogens is 4. The van der Waals surface area contributed by atoms with Crippen molar-refractivity contribution in [2.45, 2.75) is 37.0 Å². The molecule has 142 valence electrons. The zero-order valence-electron chi connectivity index (χ0n) is 14.9. The normalized spacial score (nSPS) is 19.6. The zero-order chi connectivity index (χ0) is 18.4. The molecule has 3 aromatic heterocycles. The van der Waals surface area contributed by atoms with Gasteiger partial charge in [0.05, 0.1) is 17.1 Å². The molecular weight excluding hydrogens is 364 g/mol. The minimum atomic E-state index is -3.08. The predicted octanol–water partition coefficient (Wildman–Crippen LogP) is 2.32. The van der Waals surface area contributed by atoms with Gasteiger partial charge in [-0.3, -0.25) is 5.10 Å². The lowest BCUT2D eigenvalue weighted by Gasteiger charge is -2.32. The number of fused-ring (bicyclic) bond motifs is 1. The fraction of sp³-hybridized carbons (Fsp3) is 0.444. The number of rotatable bonds is 5. The largest absolute Gasteiger partial charge is 0.381 e. The average molecular weight is 386 g/mol. The van der Waals surface area contributed by atoms with E-state index in [9.17, 15) is 8.42 Å². The van der Waals surface area contributed by atoms with Gasteiger partial charge >= 0.3 is 0 Å². The number of aromatic amines is 2. The van der Waals surface area contributed by atoms with Crippen molar-refractivity contribution in [1.82, 2.24) is 24.5 Å². The Morgan fingerprint density at radius 3 is 2.67 bits per heavy atom. The van der Waals surface area contributed by atoms with E-state index in [-0.39, 0.29) is 11.3 Å². The number of pyridine rings is 1. The van der Waals surface area contributed by atoms with Crippen molar-refractivity contribution in [3.63, 3.8) is 0 Å². The molecule has 0 spiro atoms. The molecule has 0 radical (unpaired) electrons. The Balaban J connectivity index is 1.39. The van der Waals surface area contributed by atoms with E-state index in [1.807, 2.05) is 24.7 Å². The lowest BCUT2D eigenvalue weighted by atomic mass is 10.0. The van der Waals surface area contributed by atoms with Crippen LogP contribution in [0.2, 0.25) is 0 Å². The lowest BCUT2D eigenvalue weighted by Crippen LogP contribution is -2.43. The van der Waals surface area contributed by atoms with Gasteiger partial charge in [-0.25, -0.2) is 17.7 Å². The van der Waals surface area contributed by atoms with Crippen molar-refractivity contribution in [3.8, 4) is 11.1 Å². The van der Waals surface area contributed by atoms with Gasteiger partial charge in [-0.2, -0.15) is 5.10 Å². The van der Waals surface area contributed by atoms with Gasteiger partial charge in [-0.15, -0.1) is 0 Å². The first-order valence-corrected chi connectivity index (χ1v) is 10.8. The molecule has 0 bridgehead atoms. The minimum Gasteiger partial charge on any atom is -0.381 e. The highest BCUT2D eigenvalue weighted by molar-refractivity contribution is 7.90. The summed E-state index contributed by atoms with van der Waals surface area (Å²) in [5.74, 6) is 0. The van der Waals surface area contributed by atoms with Gasteiger partial charge in [0.25, 0.3) is 0 Å². The van der Waals surface area contributed by atoms with Crippen molar-refractivity contribution in [2.24, 2.45) is 0 Å². The van der Waals surface area contributed by atoms with Crippen molar-refractivity contribution >= 4 is 26.7 Å². The van der Waals surface area contributed by atoms with Crippen LogP contribution in [0.25, 0.3) is 22.2 Å². The molecule has 1 saturated carbocycles. The van der Waals surface area contributed by atoms with Gasteiger partial charge in [0.2, 0.25) is 10.0 Å². The summed E-state index contributed by atoms with van der Waals surface area (Å²) in [7, 11) is -3.08. The predicted molar refractivity (Wildman–Crippen MR) is 104 cm³/mol. The highest BCUT2D eigenvalue weighted by Gasteiger charge is 2.41. The molecule has 3 aromatic rings. The number of piperidine rings is 1. The maximum Gasteiger partial charge on any atom is 0.216 e. The van der Waals surface area contributed by atoms with Crippen molar-refractivity contribution in [3.05, 3.63) is 30.9 Å². The maximum absolute atomic E-state index is 12.4. The molecule has 0 amide bonds. The monoisotopic (exact) mass is 386 g/mol. The van der Waals surface area contributed by atoms with Crippen LogP contribution in [0.5, 0.6) is 0 Å². The molecule has 9 heteroatoms. The molecule has 8 nitrogen and oxygen atoms in total. The fourth-order valence-corrected chi connectivity index (χ4v) is 5.69. The molecule has 27 heavy (non-hydrogen) atoms. The highest BCUT2D eigenvalue weighted by Crippen LogP contribution is 2.36. The number of nitrogens with zero attached hydrogens (tertiary/aromatic N) is 3. The molecule has 4 heterocycles. The molecule has 3 N–H and O–H groups in total. The van der Waals surface area contributed by atoms with E-state index in [4.69, 9.17) is 0 Å². The summed E-state index contributed by atoms with van der Waals surface area (Å²) in [5.41, 5.74) is 3.82. The smallest absolute Gasteiger partial charge is 0.216 e. The molecule has 2 aliphatic rings. The number of sulfonamides is 1. The van der Waals surface area contributed by atoms with Crippen LogP contribution >= 0.6 is 0 Å². The first-order valence-electron chi connectivity index (χ1n) is 9.33. The molecule has 0 aromatic carbocycles. The van der Waals surface area contributed by atoms with Gasteiger partial charge in [0, 0.05) is 54.2 Å². The average Bonchev–Trinajstić information content (AvgIpc) is 3.20. The molecule has 5 rings (SSSR count). The summed E-state index contributed by atoms with van der Waals surface area (Å²) in [4.78, 5) is 7.65. The number of H-pyrrole nitrogens is 2. The number of anilines is 1. The first kappa shape index (κ1) is 16.8. The third-order valence-electron chi connectivity index (χ3n) is 5.50. The topological polar surface area (TPSA) is 107 Å². The second-order valence-electron chi connectivity index (χ2n) is 7.34. The van der Waals surface area contributed by atoms with Crippen molar-refractivity contribution in [1.29, 1.82) is 0 Å². The van der Waals surface area contributed by atoms with Crippen molar-refractivity contribution in [2.75, 3.05) is 18.4 Å². The molecule has 1 aliphatic carbocycles. The van der Waals surface area contributed by atoms with E-state index in [0.717, 1.165) is 53.5 Å². The summed E-state index contributed by atoms with van der Waals surface area (Å²) in [6.45, 7) is 1.16. The minimum absolute atomic E-state index is 0.130. The van der Waals surface area contributed by atoms with E-state index in [1.54, 1.807) is 10.5 Å². The maximum atomic E-state index is 12.4. The third-order valence-corrected chi connectivity index (χ3v) is 7.90. The van der Waals surface area contributed by atoms with Gasteiger partial charge in [0.15, 0.2) is 0 Å². The van der Waals surface area contributed by atoms with Gasteiger partial charge in [-0.05, 0) is 31.7 Å². The Morgan fingerprint density at radius 2 is 1.96 bits per heavy atom. The van der Waals surface area contributed by atoms with Crippen molar-refractivity contribution < 1.29 is 8.42 Å². The van der Waals surface area contributed by atoms with Gasteiger partial charge < -0.3 is 10.3 Å². The summed E-state index contributed by atoms with van der Waals surface area (Å²) in [5, 5.41) is 11.5. The molecule has 0 atom stereocenters. The Hall–Kier alpha value is -2.39. The Bertz CT molecular complexity index is 1050. The van der Waals surface area contributed by atoms with E-state index in [0.29, 0.717) is 13.1 Å². The summed E-state index contributed by atoms with van der Waals surface area (Å²) in [6.07, 6.45) is 10.6. The summed E-state index contributed by atoms with van der Waals surface area (Å²) >= 11 is 0. The standard InChI is InChI=1S/C18H22N6O2S/c25-27(26,14-1-2-14)24-7-4-13(5-8-24)23-17-15-3-6-19-18(15)20-11-16(17)12-9-21-22-10-12/h3,6,9-11,13-14H,1-2,4-5,7-8H2,(H,21,22)(H2,19,20,23).